The number of aliphatic carboxylic acids is 1. The van der Waals surface area contributed by atoms with Crippen molar-refractivity contribution in [2.24, 2.45) is 52.3 Å². The zero-order valence-corrected chi connectivity index (χ0v) is 18.8. The Kier molecular flexibility index (Phi) is 5.60. The van der Waals surface area contributed by atoms with Crippen molar-refractivity contribution >= 4 is 5.97 Å². The van der Waals surface area contributed by atoms with Gasteiger partial charge in [0.2, 0.25) is 0 Å². The Labute approximate surface area is 176 Å². The molecule has 0 aromatic heterocycles. The lowest BCUT2D eigenvalue weighted by Gasteiger charge is -2.64. The zero-order chi connectivity index (χ0) is 21.1. The number of carboxylic acids is 1. The van der Waals surface area contributed by atoms with Gasteiger partial charge in [-0.1, -0.05) is 27.7 Å². The topological polar surface area (TPSA) is 77.8 Å². The summed E-state index contributed by atoms with van der Waals surface area (Å²) in [5.74, 6) is 2.50. The largest absolute Gasteiger partial charge is 0.481 e. The summed E-state index contributed by atoms with van der Waals surface area (Å²) in [4.78, 5) is 11.1. The molecule has 0 bridgehead atoms. The van der Waals surface area contributed by atoms with Gasteiger partial charge in [-0.2, -0.15) is 0 Å². The molecule has 11 atom stereocenters. The minimum atomic E-state index is -0.685. The van der Waals surface area contributed by atoms with Crippen LogP contribution in [0.25, 0.3) is 0 Å². The smallest absolute Gasteiger partial charge is 0.303 e. The minimum Gasteiger partial charge on any atom is -0.481 e. The molecular weight excluding hydrogens is 364 g/mol. The van der Waals surface area contributed by atoms with Crippen LogP contribution in [0.15, 0.2) is 0 Å². The predicted octanol–water partition coefficient (Wildman–Crippen LogP) is 4.72. The number of rotatable bonds is 4. The van der Waals surface area contributed by atoms with Gasteiger partial charge in [0.15, 0.2) is 0 Å². The van der Waals surface area contributed by atoms with Gasteiger partial charge in [-0.25, -0.2) is 0 Å². The number of carboxylic acid groups (broad SMARTS) is 1. The SMILES string of the molecule is C[C@H]1[C@H](O)C2C3CC[C@H]([C@H](C)CCC(=O)O)[C@@]3(C)CCC2[C@@]2(C)CC[C@@H](O)C[C@@H]12. The molecule has 4 fully saturated rings. The van der Waals surface area contributed by atoms with Crippen LogP contribution in [0.3, 0.4) is 0 Å². The van der Waals surface area contributed by atoms with Gasteiger partial charge in [-0.05, 0) is 104 Å². The molecule has 4 aliphatic rings. The van der Waals surface area contributed by atoms with Gasteiger partial charge in [0.05, 0.1) is 12.2 Å². The molecule has 0 aromatic rings. The van der Waals surface area contributed by atoms with Gasteiger partial charge in [-0.3, -0.25) is 4.79 Å². The maximum Gasteiger partial charge on any atom is 0.303 e. The number of hydrogen-bond acceptors (Lipinski definition) is 3. The number of aliphatic hydroxyl groups is 2. The Morgan fingerprint density at radius 2 is 1.66 bits per heavy atom. The second-order valence-corrected chi connectivity index (χ2v) is 11.8. The lowest BCUT2D eigenvalue weighted by molar-refractivity contribution is -0.199. The van der Waals surface area contributed by atoms with E-state index in [1.807, 2.05) is 0 Å². The van der Waals surface area contributed by atoms with E-state index in [1.165, 1.54) is 25.7 Å². The van der Waals surface area contributed by atoms with Gasteiger partial charge in [0.1, 0.15) is 0 Å². The van der Waals surface area contributed by atoms with E-state index in [2.05, 4.69) is 27.7 Å². The van der Waals surface area contributed by atoms with E-state index in [-0.39, 0.29) is 35.4 Å². The average Bonchev–Trinajstić information content (AvgIpc) is 3.02. The zero-order valence-electron chi connectivity index (χ0n) is 18.8. The summed E-state index contributed by atoms with van der Waals surface area (Å²) in [6.45, 7) is 9.41. The summed E-state index contributed by atoms with van der Waals surface area (Å²) in [5, 5.41) is 31.0. The lowest BCUT2D eigenvalue weighted by atomic mass is 9.42. The van der Waals surface area contributed by atoms with Crippen molar-refractivity contribution in [2.75, 3.05) is 0 Å². The first-order valence-corrected chi connectivity index (χ1v) is 12.2. The first-order chi connectivity index (χ1) is 13.6. The molecule has 3 N–H and O–H groups in total. The molecule has 29 heavy (non-hydrogen) atoms. The monoisotopic (exact) mass is 406 g/mol. The van der Waals surface area contributed by atoms with E-state index in [4.69, 9.17) is 5.11 Å². The minimum absolute atomic E-state index is 0.195. The number of hydrogen-bond donors (Lipinski definition) is 3. The molecule has 4 saturated carbocycles. The second-order valence-electron chi connectivity index (χ2n) is 11.8. The Morgan fingerprint density at radius 1 is 1.00 bits per heavy atom. The normalized spacial score (nSPS) is 52.9. The van der Waals surface area contributed by atoms with E-state index >= 15 is 0 Å². The fourth-order valence-electron chi connectivity index (χ4n) is 9.18. The van der Waals surface area contributed by atoms with Crippen LogP contribution in [0, 0.1) is 52.3 Å². The molecule has 0 amide bonds. The molecule has 0 spiro atoms. The fraction of sp³-hybridized carbons (Fsp3) is 0.960. The summed E-state index contributed by atoms with van der Waals surface area (Å²) in [6, 6.07) is 0. The summed E-state index contributed by atoms with van der Waals surface area (Å²) in [7, 11) is 0. The fourth-order valence-corrected chi connectivity index (χ4v) is 9.18. The highest BCUT2D eigenvalue weighted by Gasteiger charge is 2.64. The van der Waals surface area contributed by atoms with Crippen molar-refractivity contribution in [3.8, 4) is 0 Å². The van der Waals surface area contributed by atoms with Crippen molar-refractivity contribution in [2.45, 2.75) is 97.7 Å². The molecule has 3 unspecified atom stereocenters. The number of fused-ring (bicyclic) bond motifs is 5. The van der Waals surface area contributed by atoms with Crippen LogP contribution < -0.4 is 0 Å². The Morgan fingerprint density at radius 3 is 2.34 bits per heavy atom. The molecule has 0 heterocycles. The van der Waals surface area contributed by atoms with Crippen molar-refractivity contribution in [3.05, 3.63) is 0 Å². The Hall–Kier alpha value is -0.610. The molecule has 166 valence electrons. The van der Waals surface area contributed by atoms with E-state index in [1.54, 1.807) is 0 Å². The van der Waals surface area contributed by atoms with Crippen molar-refractivity contribution in [1.82, 2.24) is 0 Å². The van der Waals surface area contributed by atoms with Crippen LogP contribution in [0.1, 0.15) is 85.5 Å². The lowest BCUT2D eigenvalue weighted by Crippen LogP contribution is -2.61. The highest BCUT2D eigenvalue weighted by Crippen LogP contribution is 2.69. The van der Waals surface area contributed by atoms with Crippen LogP contribution >= 0.6 is 0 Å². The van der Waals surface area contributed by atoms with Gasteiger partial charge < -0.3 is 15.3 Å². The standard InChI is InChI=1S/C25H42O4/c1-14(5-8-21(27)28)17-6-7-18-22-19(10-12-24(17,18)3)25(4)11-9-16(26)13-20(25)15(2)23(22)29/h14-20,22-23,26,29H,5-13H2,1-4H3,(H,27,28)/t14-,15-,16-,17-,18?,19?,20+,22?,23+,24-,25-/m1/s1. The maximum absolute atomic E-state index is 11.5. The van der Waals surface area contributed by atoms with Crippen LogP contribution in [-0.4, -0.2) is 33.5 Å². The van der Waals surface area contributed by atoms with Crippen LogP contribution in [0.2, 0.25) is 0 Å². The van der Waals surface area contributed by atoms with E-state index < -0.39 is 5.97 Å². The third-order valence-electron chi connectivity index (χ3n) is 10.7. The molecule has 0 aliphatic heterocycles. The van der Waals surface area contributed by atoms with Gasteiger partial charge >= 0.3 is 5.97 Å². The molecular formula is C25H42O4. The molecule has 4 nitrogen and oxygen atoms in total. The number of aliphatic hydroxyl groups excluding tert-OH is 2. The third kappa shape index (κ3) is 3.28. The first kappa shape index (κ1) is 21.6. The Balaban J connectivity index is 1.59. The molecule has 4 heteroatoms. The summed E-state index contributed by atoms with van der Waals surface area (Å²) < 4.78 is 0. The molecule has 0 radical (unpaired) electrons. The average molecular weight is 407 g/mol. The maximum atomic E-state index is 11.5. The third-order valence-corrected chi connectivity index (χ3v) is 10.7. The van der Waals surface area contributed by atoms with Gasteiger partial charge in [0.25, 0.3) is 0 Å². The molecule has 0 saturated heterocycles. The predicted molar refractivity (Wildman–Crippen MR) is 113 cm³/mol. The van der Waals surface area contributed by atoms with Crippen LogP contribution in [-0.2, 0) is 4.79 Å². The molecule has 4 aliphatic carbocycles. The van der Waals surface area contributed by atoms with Crippen molar-refractivity contribution in [3.63, 3.8) is 0 Å². The second kappa shape index (κ2) is 7.51. The van der Waals surface area contributed by atoms with Crippen LogP contribution in [0.5, 0.6) is 0 Å². The van der Waals surface area contributed by atoms with Crippen LogP contribution in [0.4, 0.5) is 0 Å². The highest BCUT2D eigenvalue weighted by molar-refractivity contribution is 5.66. The summed E-state index contributed by atoms with van der Waals surface area (Å²) >= 11 is 0. The van der Waals surface area contributed by atoms with E-state index in [9.17, 15) is 15.0 Å². The molecule has 4 rings (SSSR count). The summed E-state index contributed by atoms with van der Waals surface area (Å²) in [6.07, 6.45) is 8.22. The Bertz CT molecular complexity index is 634. The number of carbonyl (C=O) groups is 1. The quantitative estimate of drug-likeness (QED) is 0.631. The van der Waals surface area contributed by atoms with Gasteiger partial charge in [0, 0.05) is 6.42 Å². The first-order valence-electron chi connectivity index (χ1n) is 12.2. The highest BCUT2D eigenvalue weighted by atomic mass is 16.4. The summed E-state index contributed by atoms with van der Waals surface area (Å²) in [5.41, 5.74) is 0.480. The van der Waals surface area contributed by atoms with Gasteiger partial charge in [-0.15, -0.1) is 0 Å². The van der Waals surface area contributed by atoms with Crippen molar-refractivity contribution < 1.29 is 20.1 Å². The molecule has 0 aromatic carbocycles. The van der Waals surface area contributed by atoms with E-state index in [0.29, 0.717) is 35.5 Å². The van der Waals surface area contributed by atoms with Crippen molar-refractivity contribution in [1.29, 1.82) is 0 Å². The van der Waals surface area contributed by atoms with E-state index in [0.717, 1.165) is 25.7 Å².